The molecule has 0 radical (unpaired) electrons. The molecule has 0 rings (SSSR count). The molecule has 0 bridgehead atoms. The monoisotopic (exact) mass is 188 g/mol. The highest BCUT2D eigenvalue weighted by Gasteiger charge is 2.10. The van der Waals surface area contributed by atoms with Crippen LogP contribution in [0.25, 0.3) is 0 Å². The van der Waals surface area contributed by atoms with Gasteiger partial charge in [-0.05, 0) is 40.4 Å². The third kappa shape index (κ3) is 9.80. The molecule has 0 amide bonds. The number of nitrogens with zero attached hydrogens (tertiary/aromatic N) is 1. The molecule has 3 heteroatoms. The SMILES string of the molecule is CCN(C)CCNCCC(C)(C)O. The first-order chi connectivity index (χ1) is 5.95. The second-order valence-electron chi connectivity index (χ2n) is 4.21. The molecule has 0 aromatic carbocycles. The van der Waals surface area contributed by atoms with Crippen LogP contribution in [-0.2, 0) is 0 Å². The molecule has 0 unspecified atom stereocenters. The van der Waals surface area contributed by atoms with Crippen molar-refractivity contribution in [2.45, 2.75) is 32.8 Å². The van der Waals surface area contributed by atoms with E-state index >= 15 is 0 Å². The lowest BCUT2D eigenvalue weighted by molar-refractivity contribution is 0.0711. The third-order valence-electron chi connectivity index (χ3n) is 2.12. The zero-order valence-corrected chi connectivity index (χ0v) is 9.43. The third-order valence-corrected chi connectivity index (χ3v) is 2.12. The minimum atomic E-state index is -0.538. The number of aliphatic hydroxyl groups is 1. The lowest BCUT2D eigenvalue weighted by Gasteiger charge is -2.18. The summed E-state index contributed by atoms with van der Waals surface area (Å²) in [7, 11) is 2.11. The second-order valence-corrected chi connectivity index (χ2v) is 4.21. The van der Waals surface area contributed by atoms with Crippen molar-refractivity contribution < 1.29 is 5.11 Å². The summed E-state index contributed by atoms with van der Waals surface area (Å²) >= 11 is 0. The predicted molar refractivity (Wildman–Crippen MR) is 57.0 cm³/mol. The summed E-state index contributed by atoms with van der Waals surface area (Å²) in [6.45, 7) is 9.88. The normalized spacial score (nSPS) is 12.5. The molecule has 0 saturated carbocycles. The number of nitrogens with one attached hydrogen (secondary N) is 1. The van der Waals surface area contributed by atoms with Crippen LogP contribution in [-0.4, -0.2) is 48.8 Å². The molecule has 0 saturated heterocycles. The Morgan fingerprint density at radius 2 is 1.92 bits per heavy atom. The fraction of sp³-hybridized carbons (Fsp3) is 1.00. The minimum absolute atomic E-state index is 0.538. The molecule has 0 aliphatic heterocycles. The van der Waals surface area contributed by atoms with Crippen molar-refractivity contribution in [3.8, 4) is 0 Å². The first kappa shape index (κ1) is 12.9. The van der Waals surface area contributed by atoms with Gasteiger partial charge in [0.2, 0.25) is 0 Å². The van der Waals surface area contributed by atoms with Gasteiger partial charge in [0.1, 0.15) is 0 Å². The van der Waals surface area contributed by atoms with E-state index in [4.69, 9.17) is 0 Å². The van der Waals surface area contributed by atoms with E-state index in [-0.39, 0.29) is 0 Å². The Kier molecular flexibility index (Phi) is 6.29. The van der Waals surface area contributed by atoms with Crippen molar-refractivity contribution >= 4 is 0 Å². The van der Waals surface area contributed by atoms with Crippen molar-refractivity contribution in [1.82, 2.24) is 10.2 Å². The van der Waals surface area contributed by atoms with Gasteiger partial charge in [-0.15, -0.1) is 0 Å². The Labute approximate surface area is 82.1 Å². The number of likely N-dealkylation sites (N-methyl/N-ethyl adjacent to an activating group) is 1. The van der Waals surface area contributed by atoms with Crippen LogP contribution in [0, 0.1) is 0 Å². The van der Waals surface area contributed by atoms with E-state index in [9.17, 15) is 5.11 Å². The maximum atomic E-state index is 9.42. The van der Waals surface area contributed by atoms with E-state index in [1.54, 1.807) is 0 Å². The summed E-state index contributed by atoms with van der Waals surface area (Å²) in [5.41, 5.74) is -0.538. The van der Waals surface area contributed by atoms with Gasteiger partial charge in [0.15, 0.2) is 0 Å². The van der Waals surface area contributed by atoms with Crippen molar-refractivity contribution in [3.05, 3.63) is 0 Å². The summed E-state index contributed by atoms with van der Waals surface area (Å²) < 4.78 is 0. The van der Waals surface area contributed by atoms with Gasteiger partial charge in [-0.25, -0.2) is 0 Å². The molecular weight excluding hydrogens is 164 g/mol. The summed E-state index contributed by atoms with van der Waals surface area (Å²) in [4.78, 5) is 2.26. The van der Waals surface area contributed by atoms with Crippen molar-refractivity contribution in [1.29, 1.82) is 0 Å². The maximum Gasteiger partial charge on any atom is 0.0603 e. The highest BCUT2D eigenvalue weighted by Crippen LogP contribution is 2.04. The van der Waals surface area contributed by atoms with Crippen molar-refractivity contribution in [3.63, 3.8) is 0 Å². The van der Waals surface area contributed by atoms with E-state index in [2.05, 4.69) is 24.2 Å². The first-order valence-electron chi connectivity index (χ1n) is 5.07. The maximum absolute atomic E-state index is 9.42. The fourth-order valence-corrected chi connectivity index (χ4v) is 0.947. The lowest BCUT2D eigenvalue weighted by atomic mass is 10.1. The number of hydrogen-bond donors (Lipinski definition) is 2. The summed E-state index contributed by atoms with van der Waals surface area (Å²) in [5.74, 6) is 0. The van der Waals surface area contributed by atoms with Crippen LogP contribution in [0.4, 0.5) is 0 Å². The van der Waals surface area contributed by atoms with E-state index in [1.807, 2.05) is 13.8 Å². The van der Waals surface area contributed by atoms with Crippen LogP contribution in [0.1, 0.15) is 27.2 Å². The molecule has 0 spiro atoms. The fourth-order valence-electron chi connectivity index (χ4n) is 0.947. The van der Waals surface area contributed by atoms with Crippen molar-refractivity contribution in [2.24, 2.45) is 0 Å². The predicted octanol–water partition coefficient (Wildman–Crippen LogP) is 0.689. The van der Waals surface area contributed by atoms with Gasteiger partial charge in [0.05, 0.1) is 5.60 Å². The highest BCUT2D eigenvalue weighted by atomic mass is 16.3. The van der Waals surface area contributed by atoms with Crippen LogP contribution < -0.4 is 5.32 Å². The van der Waals surface area contributed by atoms with Gasteiger partial charge in [0, 0.05) is 13.1 Å². The number of rotatable bonds is 7. The van der Waals surface area contributed by atoms with Crippen LogP contribution in [0.3, 0.4) is 0 Å². The summed E-state index contributed by atoms with van der Waals surface area (Å²) in [5, 5.41) is 12.7. The van der Waals surface area contributed by atoms with E-state index in [0.717, 1.165) is 32.6 Å². The van der Waals surface area contributed by atoms with Crippen LogP contribution in [0.15, 0.2) is 0 Å². The number of hydrogen-bond acceptors (Lipinski definition) is 3. The average molecular weight is 188 g/mol. The molecule has 0 aromatic rings. The molecule has 2 N–H and O–H groups in total. The zero-order chi connectivity index (χ0) is 10.3. The molecule has 0 aliphatic carbocycles. The zero-order valence-electron chi connectivity index (χ0n) is 9.43. The summed E-state index contributed by atoms with van der Waals surface area (Å²) in [6, 6.07) is 0. The van der Waals surface area contributed by atoms with E-state index < -0.39 is 5.60 Å². The Balaban J connectivity index is 3.18. The molecule has 0 aromatic heterocycles. The molecule has 0 atom stereocenters. The Bertz CT molecular complexity index is 121. The molecular formula is C10H24N2O. The van der Waals surface area contributed by atoms with Gasteiger partial charge < -0.3 is 15.3 Å². The van der Waals surface area contributed by atoms with Gasteiger partial charge in [-0.2, -0.15) is 0 Å². The highest BCUT2D eigenvalue weighted by molar-refractivity contribution is 4.66. The largest absolute Gasteiger partial charge is 0.390 e. The topological polar surface area (TPSA) is 35.5 Å². The van der Waals surface area contributed by atoms with Crippen molar-refractivity contribution in [2.75, 3.05) is 33.2 Å². The van der Waals surface area contributed by atoms with E-state index in [0.29, 0.717) is 0 Å². The first-order valence-corrected chi connectivity index (χ1v) is 5.07. The standard InChI is InChI=1S/C10H24N2O/c1-5-12(4)9-8-11-7-6-10(2,3)13/h11,13H,5-9H2,1-4H3. The van der Waals surface area contributed by atoms with Crippen LogP contribution in [0.2, 0.25) is 0 Å². The molecule has 0 fully saturated rings. The second kappa shape index (κ2) is 6.35. The Hall–Kier alpha value is -0.120. The molecule has 13 heavy (non-hydrogen) atoms. The molecule has 80 valence electrons. The van der Waals surface area contributed by atoms with E-state index in [1.165, 1.54) is 0 Å². The summed E-state index contributed by atoms with van der Waals surface area (Å²) in [6.07, 6.45) is 0.808. The Morgan fingerprint density at radius 3 is 2.38 bits per heavy atom. The van der Waals surface area contributed by atoms with Gasteiger partial charge >= 0.3 is 0 Å². The van der Waals surface area contributed by atoms with Gasteiger partial charge in [-0.3, -0.25) is 0 Å². The quantitative estimate of drug-likeness (QED) is 0.577. The van der Waals surface area contributed by atoms with Gasteiger partial charge in [-0.1, -0.05) is 6.92 Å². The smallest absolute Gasteiger partial charge is 0.0603 e. The van der Waals surface area contributed by atoms with Crippen LogP contribution in [0.5, 0.6) is 0 Å². The van der Waals surface area contributed by atoms with Gasteiger partial charge in [0.25, 0.3) is 0 Å². The molecule has 0 heterocycles. The Morgan fingerprint density at radius 1 is 1.31 bits per heavy atom. The average Bonchev–Trinajstić information content (AvgIpc) is 2.01. The minimum Gasteiger partial charge on any atom is -0.390 e. The molecule has 3 nitrogen and oxygen atoms in total. The van der Waals surface area contributed by atoms with Crippen LogP contribution >= 0.6 is 0 Å². The molecule has 0 aliphatic rings. The lowest BCUT2D eigenvalue weighted by Crippen LogP contribution is -2.32.